The Labute approximate surface area is 105 Å². The predicted molar refractivity (Wildman–Crippen MR) is 72.7 cm³/mol. The van der Waals surface area contributed by atoms with Crippen LogP contribution in [-0.2, 0) is 6.54 Å². The van der Waals surface area contributed by atoms with Crippen LogP contribution < -0.4 is 5.73 Å². The highest BCUT2D eigenvalue weighted by Gasteiger charge is 2.26. The summed E-state index contributed by atoms with van der Waals surface area (Å²) in [6.45, 7) is 5.45. The molecule has 2 unspecified atom stereocenters. The molecule has 0 amide bonds. The van der Waals surface area contributed by atoms with Crippen LogP contribution in [0.2, 0.25) is 0 Å². The normalized spacial score (nSPS) is 26.0. The Balaban J connectivity index is 1.96. The van der Waals surface area contributed by atoms with E-state index in [4.69, 9.17) is 5.73 Å². The van der Waals surface area contributed by atoms with E-state index in [-0.39, 0.29) is 0 Å². The van der Waals surface area contributed by atoms with Crippen molar-refractivity contribution in [2.75, 3.05) is 13.1 Å². The van der Waals surface area contributed by atoms with Crippen molar-refractivity contribution in [3.05, 3.63) is 35.9 Å². The monoisotopic (exact) mass is 232 g/mol. The van der Waals surface area contributed by atoms with Gasteiger partial charge in [0.05, 0.1) is 0 Å². The summed E-state index contributed by atoms with van der Waals surface area (Å²) in [5.41, 5.74) is 7.23. The number of hydrogen-bond acceptors (Lipinski definition) is 2. The van der Waals surface area contributed by atoms with Crippen LogP contribution in [0.1, 0.15) is 31.7 Å². The van der Waals surface area contributed by atoms with Crippen molar-refractivity contribution in [3.63, 3.8) is 0 Å². The zero-order valence-corrected chi connectivity index (χ0v) is 10.8. The van der Waals surface area contributed by atoms with E-state index in [0.717, 1.165) is 25.0 Å². The second kappa shape index (κ2) is 6.18. The summed E-state index contributed by atoms with van der Waals surface area (Å²) in [5, 5.41) is 0. The average Bonchev–Trinajstić information content (AvgIpc) is 2.40. The first-order chi connectivity index (χ1) is 8.33. The molecular formula is C15H24N2. The van der Waals surface area contributed by atoms with Crippen LogP contribution in [0.5, 0.6) is 0 Å². The summed E-state index contributed by atoms with van der Waals surface area (Å²) < 4.78 is 0. The van der Waals surface area contributed by atoms with Gasteiger partial charge in [0.25, 0.3) is 0 Å². The summed E-state index contributed by atoms with van der Waals surface area (Å²) in [5.74, 6) is 0.743. The number of piperidine rings is 1. The minimum Gasteiger partial charge on any atom is -0.330 e. The molecule has 2 heteroatoms. The van der Waals surface area contributed by atoms with Crippen molar-refractivity contribution in [1.82, 2.24) is 4.90 Å². The number of nitrogens with zero attached hydrogens (tertiary/aromatic N) is 1. The zero-order valence-electron chi connectivity index (χ0n) is 10.8. The lowest BCUT2D eigenvalue weighted by molar-refractivity contribution is 0.104. The topological polar surface area (TPSA) is 29.3 Å². The van der Waals surface area contributed by atoms with Gasteiger partial charge in [0.15, 0.2) is 0 Å². The fourth-order valence-corrected chi connectivity index (χ4v) is 2.85. The van der Waals surface area contributed by atoms with Crippen LogP contribution in [0, 0.1) is 5.92 Å². The number of benzene rings is 1. The van der Waals surface area contributed by atoms with E-state index >= 15 is 0 Å². The summed E-state index contributed by atoms with van der Waals surface area (Å²) in [4.78, 5) is 2.63. The minimum atomic E-state index is 0.720. The van der Waals surface area contributed by atoms with Crippen LogP contribution >= 0.6 is 0 Å². The molecule has 1 heterocycles. The minimum absolute atomic E-state index is 0.720. The molecule has 0 radical (unpaired) electrons. The van der Waals surface area contributed by atoms with Crippen LogP contribution in [-0.4, -0.2) is 24.0 Å². The van der Waals surface area contributed by atoms with E-state index in [1.165, 1.54) is 31.4 Å². The number of hydrogen-bond donors (Lipinski definition) is 1. The maximum atomic E-state index is 5.80. The second-order valence-corrected chi connectivity index (χ2v) is 5.14. The van der Waals surface area contributed by atoms with Crippen LogP contribution in [0.3, 0.4) is 0 Å². The Bertz CT molecular complexity index is 323. The first kappa shape index (κ1) is 12.6. The molecule has 1 saturated heterocycles. The van der Waals surface area contributed by atoms with Gasteiger partial charge in [0.2, 0.25) is 0 Å². The molecular weight excluding hydrogens is 208 g/mol. The van der Waals surface area contributed by atoms with Crippen molar-refractivity contribution in [1.29, 1.82) is 0 Å². The van der Waals surface area contributed by atoms with Gasteiger partial charge < -0.3 is 5.73 Å². The van der Waals surface area contributed by atoms with E-state index in [2.05, 4.69) is 42.2 Å². The SMILES string of the molecule is CCC1CC(CN)CCN1Cc1ccccc1. The number of nitrogens with two attached hydrogens (primary N) is 1. The highest BCUT2D eigenvalue weighted by Crippen LogP contribution is 2.25. The van der Waals surface area contributed by atoms with Gasteiger partial charge in [-0.3, -0.25) is 4.90 Å². The van der Waals surface area contributed by atoms with Crippen molar-refractivity contribution < 1.29 is 0 Å². The van der Waals surface area contributed by atoms with Gasteiger partial charge in [-0.1, -0.05) is 37.3 Å². The highest BCUT2D eigenvalue weighted by molar-refractivity contribution is 5.14. The highest BCUT2D eigenvalue weighted by atomic mass is 15.2. The van der Waals surface area contributed by atoms with Crippen LogP contribution in [0.15, 0.2) is 30.3 Å². The molecule has 1 aromatic rings. The summed E-state index contributed by atoms with van der Waals surface area (Å²) in [6.07, 6.45) is 3.78. The molecule has 2 atom stereocenters. The average molecular weight is 232 g/mol. The van der Waals surface area contributed by atoms with Gasteiger partial charge in [0.1, 0.15) is 0 Å². The van der Waals surface area contributed by atoms with Crippen molar-refractivity contribution in [3.8, 4) is 0 Å². The molecule has 0 spiro atoms. The third-order valence-electron chi connectivity index (χ3n) is 3.98. The van der Waals surface area contributed by atoms with Gasteiger partial charge >= 0.3 is 0 Å². The van der Waals surface area contributed by atoms with Gasteiger partial charge in [0, 0.05) is 12.6 Å². The molecule has 2 nitrogen and oxygen atoms in total. The van der Waals surface area contributed by atoms with Crippen molar-refractivity contribution in [2.24, 2.45) is 11.7 Å². The summed E-state index contributed by atoms with van der Waals surface area (Å²) >= 11 is 0. The Morgan fingerprint density at radius 1 is 1.29 bits per heavy atom. The Morgan fingerprint density at radius 2 is 2.06 bits per heavy atom. The van der Waals surface area contributed by atoms with E-state index in [1.54, 1.807) is 0 Å². The number of rotatable bonds is 4. The third kappa shape index (κ3) is 3.30. The number of likely N-dealkylation sites (tertiary alicyclic amines) is 1. The fraction of sp³-hybridized carbons (Fsp3) is 0.600. The molecule has 0 aromatic heterocycles. The zero-order chi connectivity index (χ0) is 12.1. The van der Waals surface area contributed by atoms with Crippen LogP contribution in [0.25, 0.3) is 0 Å². The quantitative estimate of drug-likeness (QED) is 0.864. The Morgan fingerprint density at radius 3 is 2.71 bits per heavy atom. The Kier molecular flexibility index (Phi) is 4.57. The standard InChI is InChI=1S/C15H24N2/c1-2-15-10-14(11-16)8-9-17(15)12-13-6-4-3-5-7-13/h3-7,14-15H,2,8-12,16H2,1H3. The molecule has 1 aliphatic rings. The lowest BCUT2D eigenvalue weighted by Gasteiger charge is -2.39. The smallest absolute Gasteiger partial charge is 0.0236 e. The van der Waals surface area contributed by atoms with Gasteiger partial charge in [-0.2, -0.15) is 0 Å². The maximum absolute atomic E-state index is 5.80. The summed E-state index contributed by atoms with van der Waals surface area (Å²) in [6, 6.07) is 11.5. The lowest BCUT2D eigenvalue weighted by Crippen LogP contribution is -2.43. The van der Waals surface area contributed by atoms with E-state index in [9.17, 15) is 0 Å². The first-order valence-corrected chi connectivity index (χ1v) is 6.81. The Hall–Kier alpha value is -0.860. The molecule has 1 aromatic carbocycles. The molecule has 0 saturated carbocycles. The molecule has 1 fully saturated rings. The molecule has 2 rings (SSSR count). The molecule has 1 aliphatic heterocycles. The largest absolute Gasteiger partial charge is 0.330 e. The van der Waals surface area contributed by atoms with E-state index in [0.29, 0.717) is 0 Å². The van der Waals surface area contributed by atoms with E-state index < -0.39 is 0 Å². The molecule has 94 valence electrons. The van der Waals surface area contributed by atoms with Crippen LogP contribution in [0.4, 0.5) is 0 Å². The van der Waals surface area contributed by atoms with E-state index in [1.807, 2.05) is 0 Å². The molecule has 0 aliphatic carbocycles. The lowest BCUT2D eigenvalue weighted by atomic mass is 9.89. The second-order valence-electron chi connectivity index (χ2n) is 5.14. The maximum Gasteiger partial charge on any atom is 0.0236 e. The van der Waals surface area contributed by atoms with Crippen molar-refractivity contribution >= 4 is 0 Å². The van der Waals surface area contributed by atoms with Gasteiger partial charge in [-0.25, -0.2) is 0 Å². The van der Waals surface area contributed by atoms with Gasteiger partial charge in [-0.15, -0.1) is 0 Å². The summed E-state index contributed by atoms with van der Waals surface area (Å²) in [7, 11) is 0. The molecule has 2 N–H and O–H groups in total. The third-order valence-corrected chi connectivity index (χ3v) is 3.98. The molecule has 17 heavy (non-hydrogen) atoms. The predicted octanol–water partition coefficient (Wildman–Crippen LogP) is 2.64. The first-order valence-electron chi connectivity index (χ1n) is 6.81. The molecule has 0 bridgehead atoms. The fourth-order valence-electron chi connectivity index (χ4n) is 2.85. The van der Waals surface area contributed by atoms with Gasteiger partial charge in [-0.05, 0) is 43.8 Å². The van der Waals surface area contributed by atoms with Crippen molar-refractivity contribution in [2.45, 2.75) is 38.8 Å².